The molecular weight excluding hydrogens is 279 g/mol. The normalized spacial score (nSPS) is 19.8. The van der Waals surface area contributed by atoms with E-state index in [0.29, 0.717) is 18.4 Å². The quantitative estimate of drug-likeness (QED) is 0.923. The Morgan fingerprint density at radius 2 is 2.10 bits per heavy atom. The molecule has 118 valence electrons. The molecule has 0 aromatic carbocycles. The van der Waals surface area contributed by atoms with Gasteiger partial charge in [0.15, 0.2) is 0 Å². The molecule has 1 aromatic heterocycles. The number of halogens is 3. The van der Waals surface area contributed by atoms with E-state index in [1.165, 1.54) is 18.9 Å². The number of alkyl halides is 3. The number of nitrogens with one attached hydrogen (secondary N) is 1. The fraction of sp³-hybridized carbons (Fsp3) is 0.667. The molecule has 1 fully saturated rings. The Bertz CT molecular complexity index is 454. The van der Waals surface area contributed by atoms with Crippen molar-refractivity contribution in [1.29, 1.82) is 0 Å². The van der Waals surface area contributed by atoms with Gasteiger partial charge in [-0.05, 0) is 45.4 Å². The van der Waals surface area contributed by atoms with Gasteiger partial charge in [0.1, 0.15) is 11.5 Å². The summed E-state index contributed by atoms with van der Waals surface area (Å²) in [5.74, 6) is 0.396. The Morgan fingerprint density at radius 3 is 2.67 bits per heavy atom. The van der Waals surface area contributed by atoms with E-state index < -0.39 is 11.9 Å². The fourth-order valence-corrected chi connectivity index (χ4v) is 2.63. The van der Waals surface area contributed by atoms with Crippen molar-refractivity contribution in [2.75, 3.05) is 18.0 Å². The van der Waals surface area contributed by atoms with Gasteiger partial charge in [0.2, 0.25) is 0 Å². The maximum atomic E-state index is 12.8. The maximum Gasteiger partial charge on any atom is 0.433 e. The van der Waals surface area contributed by atoms with E-state index in [-0.39, 0.29) is 6.04 Å². The average molecular weight is 301 g/mol. The van der Waals surface area contributed by atoms with Gasteiger partial charge in [-0.2, -0.15) is 13.2 Å². The number of hydrogen-bond acceptors (Lipinski definition) is 3. The van der Waals surface area contributed by atoms with Crippen molar-refractivity contribution in [3.63, 3.8) is 0 Å². The third-order valence-electron chi connectivity index (χ3n) is 3.77. The molecule has 21 heavy (non-hydrogen) atoms. The first kappa shape index (κ1) is 16.1. The van der Waals surface area contributed by atoms with Crippen molar-refractivity contribution in [2.24, 2.45) is 0 Å². The van der Waals surface area contributed by atoms with Crippen LogP contribution in [0.5, 0.6) is 0 Å². The standard InChI is InChI=1S/C15H22F3N3/c1-11(2)21(10-12-6-3-4-9-19-12)14-8-5-7-13(20-14)15(16,17)18/h5,7-8,11-12,19H,3-4,6,9-10H2,1-2H3. The van der Waals surface area contributed by atoms with E-state index in [2.05, 4.69) is 10.3 Å². The third-order valence-corrected chi connectivity index (χ3v) is 3.77. The zero-order valence-electron chi connectivity index (χ0n) is 12.5. The molecule has 2 rings (SSSR count). The van der Waals surface area contributed by atoms with Gasteiger partial charge in [0.25, 0.3) is 0 Å². The molecule has 6 heteroatoms. The molecule has 3 nitrogen and oxygen atoms in total. The molecule has 1 aliphatic rings. The van der Waals surface area contributed by atoms with Crippen LogP contribution in [-0.4, -0.2) is 30.2 Å². The maximum absolute atomic E-state index is 12.8. The summed E-state index contributed by atoms with van der Waals surface area (Å²) in [6.45, 7) is 5.62. The van der Waals surface area contributed by atoms with Crippen molar-refractivity contribution in [2.45, 2.75) is 51.4 Å². The van der Waals surface area contributed by atoms with Gasteiger partial charge in [0, 0.05) is 18.6 Å². The highest BCUT2D eigenvalue weighted by Gasteiger charge is 2.33. The van der Waals surface area contributed by atoms with E-state index in [9.17, 15) is 13.2 Å². The van der Waals surface area contributed by atoms with Gasteiger partial charge in [-0.1, -0.05) is 12.5 Å². The summed E-state index contributed by atoms with van der Waals surface area (Å²) in [5.41, 5.74) is -0.831. The van der Waals surface area contributed by atoms with Crippen molar-refractivity contribution in [3.05, 3.63) is 23.9 Å². The second-order valence-corrected chi connectivity index (χ2v) is 5.77. The molecule has 1 unspecified atom stereocenters. The van der Waals surface area contributed by atoms with Crippen LogP contribution < -0.4 is 10.2 Å². The minimum Gasteiger partial charge on any atom is -0.353 e. The van der Waals surface area contributed by atoms with Gasteiger partial charge in [0.05, 0.1) is 0 Å². The van der Waals surface area contributed by atoms with Crippen LogP contribution >= 0.6 is 0 Å². The Morgan fingerprint density at radius 1 is 1.33 bits per heavy atom. The minimum atomic E-state index is -4.40. The van der Waals surface area contributed by atoms with Crippen LogP contribution in [0.3, 0.4) is 0 Å². The highest BCUT2D eigenvalue weighted by Crippen LogP contribution is 2.29. The summed E-state index contributed by atoms with van der Waals surface area (Å²) in [5, 5.41) is 3.43. The van der Waals surface area contributed by atoms with Gasteiger partial charge in [-0.3, -0.25) is 0 Å². The highest BCUT2D eigenvalue weighted by atomic mass is 19.4. The second-order valence-electron chi connectivity index (χ2n) is 5.77. The highest BCUT2D eigenvalue weighted by molar-refractivity contribution is 5.41. The van der Waals surface area contributed by atoms with Crippen LogP contribution in [0.25, 0.3) is 0 Å². The lowest BCUT2D eigenvalue weighted by atomic mass is 10.0. The largest absolute Gasteiger partial charge is 0.433 e. The number of rotatable bonds is 4. The number of hydrogen-bond donors (Lipinski definition) is 1. The number of anilines is 1. The second kappa shape index (κ2) is 6.64. The molecule has 0 aliphatic carbocycles. The molecule has 1 aromatic rings. The van der Waals surface area contributed by atoms with Crippen molar-refractivity contribution < 1.29 is 13.2 Å². The van der Waals surface area contributed by atoms with E-state index in [1.807, 2.05) is 18.7 Å². The third kappa shape index (κ3) is 4.33. The lowest BCUT2D eigenvalue weighted by Gasteiger charge is -2.34. The molecule has 0 spiro atoms. The van der Waals surface area contributed by atoms with Crippen molar-refractivity contribution >= 4 is 5.82 Å². The number of pyridine rings is 1. The monoisotopic (exact) mass is 301 g/mol. The fourth-order valence-electron chi connectivity index (χ4n) is 2.63. The number of piperidine rings is 1. The minimum absolute atomic E-state index is 0.102. The first-order valence-corrected chi connectivity index (χ1v) is 7.42. The Labute approximate surface area is 123 Å². The lowest BCUT2D eigenvalue weighted by Crippen LogP contribution is -2.46. The van der Waals surface area contributed by atoms with Crippen LogP contribution in [0, 0.1) is 0 Å². The van der Waals surface area contributed by atoms with E-state index >= 15 is 0 Å². The molecule has 1 saturated heterocycles. The van der Waals surface area contributed by atoms with Crippen molar-refractivity contribution in [1.82, 2.24) is 10.3 Å². The zero-order valence-corrected chi connectivity index (χ0v) is 12.5. The molecule has 1 N–H and O–H groups in total. The first-order valence-electron chi connectivity index (χ1n) is 7.42. The predicted octanol–water partition coefficient (Wildman–Crippen LogP) is 3.46. The summed E-state index contributed by atoms with van der Waals surface area (Å²) >= 11 is 0. The molecule has 0 bridgehead atoms. The van der Waals surface area contributed by atoms with Gasteiger partial charge >= 0.3 is 6.18 Å². The lowest BCUT2D eigenvalue weighted by molar-refractivity contribution is -0.141. The summed E-state index contributed by atoms with van der Waals surface area (Å²) < 4.78 is 38.4. The van der Waals surface area contributed by atoms with E-state index in [0.717, 1.165) is 19.0 Å². The SMILES string of the molecule is CC(C)N(CC1CCCCN1)c1cccc(C(F)(F)F)n1. The zero-order chi connectivity index (χ0) is 15.5. The molecule has 0 amide bonds. The summed E-state index contributed by atoms with van der Waals surface area (Å²) in [6, 6.07) is 4.51. The molecular formula is C15H22F3N3. The van der Waals surface area contributed by atoms with Crippen LogP contribution in [0.2, 0.25) is 0 Å². The predicted molar refractivity (Wildman–Crippen MR) is 77.4 cm³/mol. The smallest absolute Gasteiger partial charge is 0.353 e. The average Bonchev–Trinajstić information content (AvgIpc) is 2.45. The van der Waals surface area contributed by atoms with Gasteiger partial charge in [-0.15, -0.1) is 0 Å². The molecule has 1 aliphatic heterocycles. The van der Waals surface area contributed by atoms with E-state index in [1.54, 1.807) is 6.07 Å². The Kier molecular flexibility index (Phi) is 5.08. The first-order chi connectivity index (χ1) is 9.88. The van der Waals surface area contributed by atoms with Crippen LogP contribution in [-0.2, 0) is 6.18 Å². The summed E-state index contributed by atoms with van der Waals surface area (Å²) in [7, 11) is 0. The molecule has 0 saturated carbocycles. The summed E-state index contributed by atoms with van der Waals surface area (Å²) in [6.07, 6.45) is -1.01. The van der Waals surface area contributed by atoms with Crippen LogP contribution in [0.1, 0.15) is 38.8 Å². The molecule has 0 radical (unpaired) electrons. The van der Waals surface area contributed by atoms with Crippen molar-refractivity contribution in [3.8, 4) is 0 Å². The number of nitrogens with zero attached hydrogens (tertiary/aromatic N) is 2. The van der Waals surface area contributed by atoms with Crippen LogP contribution in [0.4, 0.5) is 19.0 Å². The Balaban J connectivity index is 2.17. The Hall–Kier alpha value is -1.30. The number of aromatic nitrogens is 1. The topological polar surface area (TPSA) is 28.2 Å². The molecule has 1 atom stereocenters. The van der Waals surface area contributed by atoms with E-state index in [4.69, 9.17) is 0 Å². The molecule has 2 heterocycles. The van der Waals surface area contributed by atoms with Gasteiger partial charge < -0.3 is 10.2 Å². The summed E-state index contributed by atoms with van der Waals surface area (Å²) in [4.78, 5) is 5.75. The van der Waals surface area contributed by atoms with Crippen LogP contribution in [0.15, 0.2) is 18.2 Å². The van der Waals surface area contributed by atoms with Gasteiger partial charge in [-0.25, -0.2) is 4.98 Å².